The van der Waals surface area contributed by atoms with Gasteiger partial charge in [0.2, 0.25) is 0 Å². The monoisotopic (exact) mass is 241 g/mol. The molecule has 0 saturated heterocycles. The highest BCUT2D eigenvalue weighted by Gasteiger charge is 2.07. The quantitative estimate of drug-likeness (QED) is 0.794. The van der Waals surface area contributed by atoms with Crippen molar-refractivity contribution in [1.29, 1.82) is 0 Å². The van der Waals surface area contributed by atoms with Crippen LogP contribution in [0.4, 0.5) is 11.5 Å². The Morgan fingerprint density at radius 1 is 1.17 bits per heavy atom. The molecule has 1 aromatic heterocycles. The second-order valence-corrected chi connectivity index (χ2v) is 4.31. The maximum atomic E-state index is 12.0. The molecule has 0 unspecified atom stereocenters. The van der Waals surface area contributed by atoms with Gasteiger partial charge in [0.15, 0.2) is 0 Å². The third-order valence-corrected chi connectivity index (χ3v) is 2.51. The van der Waals surface area contributed by atoms with Crippen molar-refractivity contribution in [3.8, 4) is 0 Å². The van der Waals surface area contributed by atoms with E-state index in [4.69, 9.17) is 5.73 Å². The molecule has 0 aliphatic carbocycles. The number of hydrogen-bond acceptors (Lipinski definition) is 3. The molecule has 0 spiro atoms. The van der Waals surface area contributed by atoms with Gasteiger partial charge in [-0.05, 0) is 49.2 Å². The molecule has 0 radical (unpaired) electrons. The molecular formula is C14H15N3O. The third kappa shape index (κ3) is 2.85. The number of nitrogens with zero attached hydrogens (tertiary/aromatic N) is 1. The molecule has 0 aliphatic heterocycles. The summed E-state index contributed by atoms with van der Waals surface area (Å²) in [5.41, 5.74) is 8.84. The Labute approximate surface area is 106 Å². The van der Waals surface area contributed by atoms with Crippen LogP contribution in [0.3, 0.4) is 0 Å². The van der Waals surface area contributed by atoms with Crippen molar-refractivity contribution in [2.24, 2.45) is 0 Å². The zero-order chi connectivity index (χ0) is 13.1. The first-order valence-electron chi connectivity index (χ1n) is 5.66. The smallest absolute Gasteiger partial charge is 0.256 e. The average molecular weight is 241 g/mol. The van der Waals surface area contributed by atoms with E-state index in [0.717, 1.165) is 11.1 Å². The number of hydrogen-bond donors (Lipinski definition) is 2. The number of nitrogen functional groups attached to an aromatic ring is 1. The maximum Gasteiger partial charge on any atom is 0.256 e. The Balaban J connectivity index is 2.19. The number of pyridine rings is 1. The van der Waals surface area contributed by atoms with Crippen LogP contribution in [0.5, 0.6) is 0 Å². The molecule has 0 bridgehead atoms. The first-order valence-corrected chi connectivity index (χ1v) is 5.66. The topological polar surface area (TPSA) is 68.0 Å². The number of rotatable bonds is 2. The molecule has 1 amide bonds. The van der Waals surface area contributed by atoms with Gasteiger partial charge in [0, 0.05) is 17.4 Å². The molecule has 4 nitrogen and oxygen atoms in total. The van der Waals surface area contributed by atoms with Crippen LogP contribution < -0.4 is 11.1 Å². The van der Waals surface area contributed by atoms with Gasteiger partial charge in [-0.1, -0.05) is 6.07 Å². The largest absolute Gasteiger partial charge is 0.399 e. The van der Waals surface area contributed by atoms with Gasteiger partial charge >= 0.3 is 0 Å². The predicted octanol–water partition coefficient (Wildman–Crippen LogP) is 2.53. The van der Waals surface area contributed by atoms with Crippen molar-refractivity contribution in [3.63, 3.8) is 0 Å². The van der Waals surface area contributed by atoms with E-state index in [1.165, 1.54) is 0 Å². The molecule has 3 N–H and O–H groups in total. The normalized spacial score (nSPS) is 10.1. The van der Waals surface area contributed by atoms with Gasteiger partial charge in [-0.25, -0.2) is 4.98 Å². The number of carbonyl (C=O) groups is 1. The van der Waals surface area contributed by atoms with Crippen molar-refractivity contribution < 1.29 is 4.79 Å². The lowest BCUT2D eigenvalue weighted by Gasteiger charge is -2.06. The summed E-state index contributed by atoms with van der Waals surface area (Å²) >= 11 is 0. The molecule has 1 heterocycles. The molecule has 0 atom stereocenters. The fourth-order valence-corrected chi connectivity index (χ4v) is 1.67. The molecule has 18 heavy (non-hydrogen) atoms. The number of aromatic nitrogens is 1. The summed E-state index contributed by atoms with van der Waals surface area (Å²) in [4.78, 5) is 16.1. The van der Waals surface area contributed by atoms with Crippen molar-refractivity contribution in [2.45, 2.75) is 13.8 Å². The van der Waals surface area contributed by atoms with Gasteiger partial charge in [0.25, 0.3) is 5.91 Å². The first-order chi connectivity index (χ1) is 8.54. The molecule has 0 saturated carbocycles. The highest BCUT2D eigenvalue weighted by Crippen LogP contribution is 2.13. The van der Waals surface area contributed by atoms with Crippen molar-refractivity contribution in [3.05, 3.63) is 53.2 Å². The first kappa shape index (κ1) is 12.1. The molecule has 0 fully saturated rings. The van der Waals surface area contributed by atoms with E-state index in [1.807, 2.05) is 26.0 Å². The minimum atomic E-state index is -0.207. The van der Waals surface area contributed by atoms with Gasteiger partial charge in [0.1, 0.15) is 5.82 Å². The second kappa shape index (κ2) is 4.87. The Morgan fingerprint density at radius 2 is 1.94 bits per heavy atom. The molecule has 2 aromatic rings. The van der Waals surface area contributed by atoms with Crippen LogP contribution >= 0.6 is 0 Å². The van der Waals surface area contributed by atoms with E-state index in [1.54, 1.807) is 24.4 Å². The lowest BCUT2D eigenvalue weighted by atomic mass is 10.1. The predicted molar refractivity (Wildman–Crippen MR) is 72.5 cm³/mol. The van der Waals surface area contributed by atoms with E-state index in [-0.39, 0.29) is 5.91 Å². The number of carbonyl (C=O) groups excluding carboxylic acids is 1. The summed E-state index contributed by atoms with van der Waals surface area (Å²) in [5, 5.41) is 2.73. The van der Waals surface area contributed by atoms with Crippen molar-refractivity contribution in [1.82, 2.24) is 4.98 Å². The molecule has 1 aromatic carbocycles. The van der Waals surface area contributed by atoms with Gasteiger partial charge < -0.3 is 11.1 Å². The number of amides is 1. The zero-order valence-corrected chi connectivity index (χ0v) is 10.4. The van der Waals surface area contributed by atoms with Crippen LogP contribution in [-0.4, -0.2) is 10.9 Å². The second-order valence-electron chi connectivity index (χ2n) is 4.31. The van der Waals surface area contributed by atoms with Gasteiger partial charge in [0.05, 0.1) is 0 Å². The summed E-state index contributed by atoms with van der Waals surface area (Å²) < 4.78 is 0. The fourth-order valence-electron chi connectivity index (χ4n) is 1.67. The summed E-state index contributed by atoms with van der Waals surface area (Å²) in [5.74, 6) is 0.326. The minimum absolute atomic E-state index is 0.207. The average Bonchev–Trinajstić information content (AvgIpc) is 2.31. The van der Waals surface area contributed by atoms with E-state index < -0.39 is 0 Å². The number of aryl methyl sites for hydroxylation is 2. The number of nitrogens with two attached hydrogens (primary N) is 1. The maximum absolute atomic E-state index is 12.0. The van der Waals surface area contributed by atoms with E-state index in [9.17, 15) is 4.79 Å². The summed E-state index contributed by atoms with van der Waals surface area (Å²) in [6.45, 7) is 3.84. The Morgan fingerprint density at radius 3 is 2.56 bits per heavy atom. The van der Waals surface area contributed by atoms with Crippen LogP contribution in [0.1, 0.15) is 21.5 Å². The molecule has 4 heteroatoms. The Bertz CT molecular complexity index is 556. The van der Waals surface area contributed by atoms with Crippen LogP contribution in [0.25, 0.3) is 0 Å². The molecule has 92 valence electrons. The summed E-state index contributed by atoms with van der Waals surface area (Å²) in [6.07, 6.45) is 1.71. The standard InChI is InChI=1S/C14H15N3O/c1-9-3-4-13(16-8-9)17-14(18)11-5-10(2)6-12(15)7-11/h3-8H,15H2,1-2H3,(H,16,17,18). The number of anilines is 2. The van der Waals surface area contributed by atoms with Crippen LogP contribution in [0, 0.1) is 13.8 Å². The SMILES string of the molecule is Cc1ccc(NC(=O)c2cc(C)cc(N)c2)nc1. The zero-order valence-electron chi connectivity index (χ0n) is 10.4. The van der Waals surface area contributed by atoms with E-state index >= 15 is 0 Å². The lowest BCUT2D eigenvalue weighted by Crippen LogP contribution is -2.13. The van der Waals surface area contributed by atoms with E-state index in [2.05, 4.69) is 10.3 Å². The number of benzene rings is 1. The fraction of sp³-hybridized carbons (Fsp3) is 0.143. The van der Waals surface area contributed by atoms with Crippen molar-refractivity contribution in [2.75, 3.05) is 11.1 Å². The highest BCUT2D eigenvalue weighted by atomic mass is 16.1. The van der Waals surface area contributed by atoms with Gasteiger partial charge in [-0.2, -0.15) is 0 Å². The van der Waals surface area contributed by atoms with E-state index in [0.29, 0.717) is 17.1 Å². The summed E-state index contributed by atoms with van der Waals surface area (Å²) in [7, 11) is 0. The lowest BCUT2D eigenvalue weighted by molar-refractivity contribution is 0.102. The molecular weight excluding hydrogens is 226 g/mol. The van der Waals surface area contributed by atoms with Crippen molar-refractivity contribution >= 4 is 17.4 Å². The Kier molecular flexibility index (Phi) is 3.28. The highest BCUT2D eigenvalue weighted by molar-refractivity contribution is 6.04. The molecule has 2 rings (SSSR count). The minimum Gasteiger partial charge on any atom is -0.399 e. The van der Waals surface area contributed by atoms with Gasteiger partial charge in [-0.15, -0.1) is 0 Å². The van der Waals surface area contributed by atoms with Crippen LogP contribution in [0.2, 0.25) is 0 Å². The van der Waals surface area contributed by atoms with Crippen LogP contribution in [0.15, 0.2) is 36.5 Å². The van der Waals surface area contributed by atoms with Gasteiger partial charge in [-0.3, -0.25) is 4.79 Å². The molecule has 0 aliphatic rings. The number of nitrogens with one attached hydrogen (secondary N) is 1. The summed E-state index contributed by atoms with van der Waals surface area (Å²) in [6, 6.07) is 8.93. The third-order valence-electron chi connectivity index (χ3n) is 2.51. The Hall–Kier alpha value is -2.36. The van der Waals surface area contributed by atoms with Crippen LogP contribution in [-0.2, 0) is 0 Å².